The van der Waals surface area contributed by atoms with Crippen LogP contribution in [0, 0.1) is 5.41 Å². The molecule has 1 aromatic heterocycles. The Morgan fingerprint density at radius 2 is 1.78 bits per heavy atom. The van der Waals surface area contributed by atoms with Gasteiger partial charge in [-0.3, -0.25) is 9.69 Å². The predicted octanol–water partition coefficient (Wildman–Crippen LogP) is 1.65. The minimum Gasteiger partial charge on any atom is -0.354 e. The molecule has 4 heterocycles. The fourth-order valence-corrected chi connectivity index (χ4v) is 4.42. The molecule has 1 amide bonds. The quantitative estimate of drug-likeness (QED) is 0.812. The standard InChI is InChI=1S/C19H29N5O.2ClH/c25-18(24-9-5-19(6-10-24)4-8-20-16-19)15-22-11-13-23(14-12-22)17-3-1-2-7-21-17;;/h1-3,7,20H,4-6,8-16H2;2*1H. The lowest BCUT2D eigenvalue weighted by Crippen LogP contribution is -2.52. The average Bonchev–Trinajstić information content (AvgIpc) is 3.11. The largest absolute Gasteiger partial charge is 0.354 e. The number of nitrogens with zero attached hydrogens (tertiary/aromatic N) is 4. The zero-order valence-corrected chi connectivity index (χ0v) is 17.4. The molecule has 1 aromatic rings. The van der Waals surface area contributed by atoms with Gasteiger partial charge in [0, 0.05) is 52.0 Å². The topological polar surface area (TPSA) is 51.7 Å². The van der Waals surface area contributed by atoms with Gasteiger partial charge in [0.25, 0.3) is 0 Å². The Labute approximate surface area is 174 Å². The van der Waals surface area contributed by atoms with E-state index in [1.807, 2.05) is 18.3 Å². The van der Waals surface area contributed by atoms with Gasteiger partial charge in [0.1, 0.15) is 5.82 Å². The second kappa shape index (κ2) is 9.92. The van der Waals surface area contributed by atoms with E-state index in [1.54, 1.807) is 0 Å². The van der Waals surface area contributed by atoms with Crippen molar-refractivity contribution in [3.63, 3.8) is 0 Å². The molecular weight excluding hydrogens is 385 g/mol. The monoisotopic (exact) mass is 415 g/mol. The molecule has 0 atom stereocenters. The zero-order chi connectivity index (χ0) is 17.1. The smallest absolute Gasteiger partial charge is 0.236 e. The zero-order valence-electron chi connectivity index (χ0n) is 15.8. The molecule has 6 nitrogen and oxygen atoms in total. The van der Waals surface area contributed by atoms with Crippen LogP contribution in [0.3, 0.4) is 0 Å². The van der Waals surface area contributed by atoms with Gasteiger partial charge in [-0.2, -0.15) is 0 Å². The molecular formula is C19H31Cl2N5O. The lowest BCUT2D eigenvalue weighted by molar-refractivity contribution is -0.134. The van der Waals surface area contributed by atoms with Crippen molar-refractivity contribution in [2.24, 2.45) is 5.41 Å². The van der Waals surface area contributed by atoms with Gasteiger partial charge in [-0.1, -0.05) is 6.07 Å². The van der Waals surface area contributed by atoms with Crippen molar-refractivity contribution in [3.8, 4) is 0 Å². The van der Waals surface area contributed by atoms with Crippen LogP contribution in [0.5, 0.6) is 0 Å². The van der Waals surface area contributed by atoms with E-state index in [1.165, 1.54) is 19.3 Å². The number of piperidine rings is 1. The van der Waals surface area contributed by atoms with Crippen molar-refractivity contribution < 1.29 is 4.79 Å². The summed E-state index contributed by atoms with van der Waals surface area (Å²) in [4.78, 5) is 23.8. The summed E-state index contributed by atoms with van der Waals surface area (Å²) >= 11 is 0. The van der Waals surface area contributed by atoms with Crippen LogP contribution in [0.1, 0.15) is 19.3 Å². The summed E-state index contributed by atoms with van der Waals surface area (Å²) in [7, 11) is 0. The number of piperazine rings is 1. The maximum Gasteiger partial charge on any atom is 0.236 e. The van der Waals surface area contributed by atoms with Crippen LogP contribution in [0.25, 0.3) is 0 Å². The Kier molecular flexibility index (Phi) is 8.16. The van der Waals surface area contributed by atoms with Crippen LogP contribution in [0.15, 0.2) is 24.4 Å². The van der Waals surface area contributed by atoms with Gasteiger partial charge in [0.2, 0.25) is 5.91 Å². The Balaban J connectivity index is 0.00000131. The first-order chi connectivity index (χ1) is 12.2. The summed E-state index contributed by atoms with van der Waals surface area (Å²) in [6, 6.07) is 6.03. The van der Waals surface area contributed by atoms with Gasteiger partial charge in [-0.05, 0) is 43.4 Å². The number of likely N-dealkylation sites (tertiary alicyclic amines) is 1. The maximum atomic E-state index is 12.7. The van der Waals surface area contributed by atoms with Crippen molar-refractivity contribution in [2.75, 3.05) is 63.8 Å². The molecule has 3 fully saturated rings. The molecule has 0 unspecified atom stereocenters. The number of hydrogen-bond acceptors (Lipinski definition) is 5. The van der Waals surface area contributed by atoms with Crippen LogP contribution >= 0.6 is 24.8 Å². The maximum absolute atomic E-state index is 12.7. The number of halogens is 2. The third-order valence-corrected chi connectivity index (χ3v) is 6.21. The molecule has 0 saturated carbocycles. The van der Waals surface area contributed by atoms with E-state index in [0.717, 1.165) is 58.2 Å². The Hall–Kier alpha value is -1.08. The van der Waals surface area contributed by atoms with E-state index in [4.69, 9.17) is 0 Å². The predicted molar refractivity (Wildman–Crippen MR) is 113 cm³/mol. The van der Waals surface area contributed by atoms with Crippen molar-refractivity contribution >= 4 is 36.5 Å². The summed E-state index contributed by atoms with van der Waals surface area (Å²) in [5.41, 5.74) is 0.477. The van der Waals surface area contributed by atoms with Gasteiger partial charge in [0.05, 0.1) is 6.54 Å². The summed E-state index contributed by atoms with van der Waals surface area (Å²) in [5, 5.41) is 3.49. The summed E-state index contributed by atoms with van der Waals surface area (Å²) in [6.45, 7) is 8.50. The van der Waals surface area contributed by atoms with E-state index in [-0.39, 0.29) is 24.8 Å². The molecule has 1 spiro atoms. The first-order valence-corrected chi connectivity index (χ1v) is 9.61. The van der Waals surface area contributed by atoms with E-state index in [2.05, 4.69) is 31.1 Å². The van der Waals surface area contributed by atoms with E-state index < -0.39 is 0 Å². The highest BCUT2D eigenvalue weighted by Crippen LogP contribution is 2.36. The average molecular weight is 416 g/mol. The normalized spacial score (nSPS) is 22.2. The van der Waals surface area contributed by atoms with E-state index in [0.29, 0.717) is 17.9 Å². The number of nitrogens with one attached hydrogen (secondary N) is 1. The van der Waals surface area contributed by atoms with Crippen molar-refractivity contribution in [2.45, 2.75) is 19.3 Å². The lowest BCUT2D eigenvalue weighted by Gasteiger charge is -2.40. The fourth-order valence-electron chi connectivity index (χ4n) is 4.42. The lowest BCUT2D eigenvalue weighted by atomic mass is 9.78. The molecule has 0 radical (unpaired) electrons. The number of carbonyl (C=O) groups excluding carboxylic acids is 1. The number of carbonyl (C=O) groups is 1. The molecule has 1 N–H and O–H groups in total. The third kappa shape index (κ3) is 5.25. The van der Waals surface area contributed by atoms with Crippen LogP contribution in [0.4, 0.5) is 5.82 Å². The third-order valence-electron chi connectivity index (χ3n) is 6.21. The van der Waals surface area contributed by atoms with Crippen LogP contribution in [-0.4, -0.2) is 79.6 Å². The number of amides is 1. The van der Waals surface area contributed by atoms with Crippen molar-refractivity contribution in [3.05, 3.63) is 24.4 Å². The van der Waals surface area contributed by atoms with Crippen molar-refractivity contribution in [1.82, 2.24) is 20.1 Å². The highest BCUT2D eigenvalue weighted by atomic mass is 35.5. The molecule has 3 saturated heterocycles. The minimum absolute atomic E-state index is 0. The second-order valence-corrected chi connectivity index (χ2v) is 7.76. The van der Waals surface area contributed by atoms with Crippen LogP contribution in [-0.2, 0) is 4.79 Å². The van der Waals surface area contributed by atoms with E-state index in [9.17, 15) is 4.79 Å². The molecule has 4 rings (SSSR count). The molecule has 0 bridgehead atoms. The molecule has 27 heavy (non-hydrogen) atoms. The number of hydrogen-bond donors (Lipinski definition) is 1. The molecule has 152 valence electrons. The van der Waals surface area contributed by atoms with E-state index >= 15 is 0 Å². The van der Waals surface area contributed by atoms with Crippen LogP contribution < -0.4 is 10.2 Å². The Morgan fingerprint density at radius 3 is 2.37 bits per heavy atom. The Bertz CT molecular complexity index is 579. The summed E-state index contributed by atoms with van der Waals surface area (Å²) < 4.78 is 0. The molecule has 0 aliphatic carbocycles. The fraction of sp³-hybridized carbons (Fsp3) is 0.684. The van der Waals surface area contributed by atoms with Gasteiger partial charge in [0.15, 0.2) is 0 Å². The summed E-state index contributed by atoms with van der Waals surface area (Å²) in [5.74, 6) is 1.35. The number of aromatic nitrogens is 1. The number of rotatable bonds is 3. The number of pyridine rings is 1. The van der Waals surface area contributed by atoms with Gasteiger partial charge < -0.3 is 15.1 Å². The highest BCUT2D eigenvalue weighted by Gasteiger charge is 2.38. The number of anilines is 1. The second-order valence-electron chi connectivity index (χ2n) is 7.76. The molecule has 3 aliphatic heterocycles. The first-order valence-electron chi connectivity index (χ1n) is 9.61. The molecule has 0 aromatic carbocycles. The van der Waals surface area contributed by atoms with Gasteiger partial charge in [-0.15, -0.1) is 24.8 Å². The molecule has 8 heteroatoms. The highest BCUT2D eigenvalue weighted by molar-refractivity contribution is 5.85. The van der Waals surface area contributed by atoms with Gasteiger partial charge in [-0.25, -0.2) is 4.98 Å². The first kappa shape index (κ1) is 22.2. The van der Waals surface area contributed by atoms with Gasteiger partial charge >= 0.3 is 0 Å². The van der Waals surface area contributed by atoms with Crippen molar-refractivity contribution in [1.29, 1.82) is 0 Å². The van der Waals surface area contributed by atoms with Crippen LogP contribution in [0.2, 0.25) is 0 Å². The summed E-state index contributed by atoms with van der Waals surface area (Å²) in [6.07, 6.45) is 5.46. The SMILES string of the molecule is Cl.Cl.O=C(CN1CCN(c2ccccn2)CC1)N1CCC2(CCNC2)CC1. The Morgan fingerprint density at radius 1 is 1.04 bits per heavy atom. The molecule has 3 aliphatic rings. The minimum atomic E-state index is 0.